The standard InChI is InChI=1S/C43H79Cl2N2.C5H5N.2ClH.Pd/c1-9-19-32(20-10-2)36-27-17-28-37(33(21-11-3)22-12-4)40(36)46-31-47(43(45)42(46)44)41-38(34(23-13-5)24-14-6)29-18-30-39(41)35(25-15-7)26-16-8;1-2-4-6-5-3-1;;;/h31-41H,9-30H2,1-8H3;1-5H;2*1H;/q-1;;;;+2/p-2. The maximum atomic E-state index is 7.62. The molecule has 3 aliphatic rings. The van der Waals surface area contributed by atoms with Crippen LogP contribution in [0.4, 0.5) is 0 Å². The third-order valence-electron chi connectivity index (χ3n) is 13.7. The monoisotopic (exact) mass is 948 g/mol. The molecule has 0 radical (unpaired) electrons. The zero-order chi connectivity index (χ0) is 41.3. The summed E-state index contributed by atoms with van der Waals surface area (Å²) in [5.74, 6) is 5.88. The zero-order valence-corrected chi connectivity index (χ0v) is 41.5. The zero-order valence-electron chi connectivity index (χ0n) is 37.0. The van der Waals surface area contributed by atoms with Gasteiger partial charge in [0.15, 0.2) is 0 Å². The molecule has 1 aliphatic heterocycles. The average Bonchev–Trinajstić information content (AvgIpc) is 3.50. The Labute approximate surface area is 374 Å². The molecular formula is C48H84Cl4N3Pd-. The minimum atomic E-state index is -0.106. The number of aromatic nitrogens is 1. The Morgan fingerprint density at radius 3 is 0.946 bits per heavy atom. The SMILES string of the molecule is CCCC(CCC)C1CCCC(C(CCC)CCC)C1N1[CH-]N(C2C(C(CCC)CCC)CCCC2C(CCC)CCC)C(Cl)=C1Cl.[Cl][Pd][Cl].c1ccncc1. The van der Waals surface area contributed by atoms with Crippen LogP contribution in [0.2, 0.25) is 0 Å². The predicted molar refractivity (Wildman–Crippen MR) is 245 cm³/mol. The molecule has 1 aromatic heterocycles. The Bertz CT molecular complexity index is 960. The third kappa shape index (κ3) is 16.0. The molecule has 4 atom stereocenters. The smallest absolute Gasteiger partial charge is 0.0267 e. The second-order valence-electron chi connectivity index (χ2n) is 17.4. The van der Waals surface area contributed by atoms with Crippen molar-refractivity contribution in [2.75, 3.05) is 0 Å². The van der Waals surface area contributed by atoms with Gasteiger partial charge in [-0.05, 0) is 85.2 Å². The van der Waals surface area contributed by atoms with Crippen LogP contribution in [0.25, 0.3) is 0 Å². The van der Waals surface area contributed by atoms with Crippen LogP contribution < -0.4 is 0 Å². The van der Waals surface area contributed by atoms with Crippen LogP contribution in [0.5, 0.6) is 0 Å². The first-order chi connectivity index (χ1) is 27.3. The van der Waals surface area contributed by atoms with Crippen molar-refractivity contribution in [3.05, 3.63) is 47.6 Å². The van der Waals surface area contributed by atoms with Gasteiger partial charge in [0.25, 0.3) is 0 Å². The summed E-state index contributed by atoms with van der Waals surface area (Å²) in [7, 11) is 9.63. The van der Waals surface area contributed by atoms with Gasteiger partial charge in [-0.15, -0.1) is 0 Å². The van der Waals surface area contributed by atoms with Gasteiger partial charge in [-0.2, -0.15) is 6.67 Å². The van der Waals surface area contributed by atoms with Gasteiger partial charge in [-0.1, -0.05) is 200 Å². The normalized spacial score (nSPS) is 24.3. The van der Waals surface area contributed by atoms with Crippen LogP contribution in [-0.2, 0) is 15.9 Å². The van der Waals surface area contributed by atoms with Crippen molar-refractivity contribution in [2.45, 2.75) is 209 Å². The minimum absolute atomic E-state index is 0.106. The van der Waals surface area contributed by atoms with Crippen molar-refractivity contribution in [2.24, 2.45) is 47.3 Å². The first-order valence-corrected chi connectivity index (χ1v) is 28.2. The van der Waals surface area contributed by atoms with E-state index in [0.29, 0.717) is 35.8 Å². The Kier molecular flexibility index (Phi) is 29.2. The fraction of sp³-hybridized carbons (Fsp3) is 0.833. The van der Waals surface area contributed by atoms with Gasteiger partial charge in [-0.3, -0.25) is 4.98 Å². The molecule has 330 valence electrons. The van der Waals surface area contributed by atoms with E-state index in [9.17, 15) is 0 Å². The van der Waals surface area contributed by atoms with E-state index < -0.39 is 0 Å². The second kappa shape index (κ2) is 31.2. The van der Waals surface area contributed by atoms with Gasteiger partial charge in [-0.25, -0.2) is 0 Å². The molecule has 0 N–H and O–H groups in total. The van der Waals surface area contributed by atoms with E-state index in [2.05, 4.69) is 76.8 Å². The van der Waals surface area contributed by atoms with Crippen molar-refractivity contribution in [3.63, 3.8) is 0 Å². The summed E-state index contributed by atoms with van der Waals surface area (Å²) in [5, 5.41) is 1.69. The van der Waals surface area contributed by atoms with Crippen LogP contribution in [0.15, 0.2) is 40.9 Å². The first-order valence-electron chi connectivity index (χ1n) is 23.4. The second-order valence-corrected chi connectivity index (χ2v) is 20.5. The van der Waals surface area contributed by atoms with Gasteiger partial charge in [0.1, 0.15) is 10.3 Å². The molecule has 0 saturated heterocycles. The topological polar surface area (TPSA) is 19.4 Å². The quantitative estimate of drug-likeness (QED) is 0.0656. The minimum Gasteiger partial charge on any atom is -0.265 e. The van der Waals surface area contributed by atoms with E-state index in [1.165, 1.54) is 141 Å². The molecule has 8 heteroatoms. The fourth-order valence-corrected chi connectivity index (χ4v) is 12.3. The molecule has 2 heterocycles. The molecule has 56 heavy (non-hydrogen) atoms. The van der Waals surface area contributed by atoms with Crippen LogP contribution in [0.1, 0.15) is 197 Å². The average molecular weight is 951 g/mol. The van der Waals surface area contributed by atoms with Crippen molar-refractivity contribution in [1.29, 1.82) is 0 Å². The number of nitrogens with zero attached hydrogens (tertiary/aromatic N) is 3. The van der Waals surface area contributed by atoms with E-state index in [1.54, 1.807) is 12.4 Å². The number of hydrogen-bond donors (Lipinski definition) is 0. The van der Waals surface area contributed by atoms with Gasteiger partial charge < -0.3 is 9.80 Å². The van der Waals surface area contributed by atoms with E-state index >= 15 is 0 Å². The summed E-state index contributed by atoms with van der Waals surface area (Å²) < 4.78 is 0. The van der Waals surface area contributed by atoms with Gasteiger partial charge >= 0.3 is 35.0 Å². The number of rotatable bonds is 22. The van der Waals surface area contributed by atoms with Crippen LogP contribution >= 0.6 is 42.3 Å². The predicted octanol–water partition coefficient (Wildman–Crippen LogP) is 17.2. The summed E-state index contributed by atoms with van der Waals surface area (Å²) in [5.41, 5.74) is 0. The van der Waals surface area contributed by atoms with Gasteiger partial charge in [0.05, 0.1) is 0 Å². The molecule has 0 spiro atoms. The molecular weight excluding hydrogens is 867 g/mol. The maximum Gasteiger partial charge on any atom is 0.0267 e. The molecule has 4 rings (SSSR count). The van der Waals surface area contributed by atoms with Crippen LogP contribution in [0.3, 0.4) is 0 Å². The largest absolute Gasteiger partial charge is 0.265 e. The molecule has 0 amide bonds. The number of hydrogen-bond acceptors (Lipinski definition) is 3. The van der Waals surface area contributed by atoms with Gasteiger partial charge in [0, 0.05) is 24.5 Å². The van der Waals surface area contributed by atoms with E-state index in [4.69, 9.17) is 42.3 Å². The molecule has 0 aromatic carbocycles. The number of halogens is 4. The van der Waals surface area contributed by atoms with Gasteiger partial charge in [0.2, 0.25) is 0 Å². The molecule has 0 bridgehead atoms. The molecule has 2 aliphatic carbocycles. The maximum absolute atomic E-state index is 7.62. The Hall–Kier alpha value is 0.312. The van der Waals surface area contributed by atoms with Crippen LogP contribution in [-0.4, -0.2) is 26.9 Å². The van der Waals surface area contributed by atoms with Crippen molar-refractivity contribution >= 4 is 42.3 Å². The van der Waals surface area contributed by atoms with E-state index in [1.807, 2.05) is 18.2 Å². The Balaban J connectivity index is 0.00000106. The fourth-order valence-electron chi connectivity index (χ4n) is 11.8. The summed E-state index contributed by atoms with van der Waals surface area (Å²) >= 11 is 15.1. The summed E-state index contributed by atoms with van der Waals surface area (Å²) in [4.78, 5) is 9.01. The summed E-state index contributed by atoms with van der Waals surface area (Å²) in [6, 6.07) is 6.64. The first kappa shape index (κ1) is 52.5. The van der Waals surface area contributed by atoms with Crippen molar-refractivity contribution in [3.8, 4) is 0 Å². The molecule has 2 saturated carbocycles. The third-order valence-corrected chi connectivity index (χ3v) is 14.5. The Morgan fingerprint density at radius 1 is 0.518 bits per heavy atom. The van der Waals surface area contributed by atoms with E-state index in [0.717, 1.165) is 34.0 Å². The summed E-state index contributed by atoms with van der Waals surface area (Å²) in [6.07, 6.45) is 32.7. The summed E-state index contributed by atoms with van der Waals surface area (Å²) in [6.45, 7) is 21.7. The number of pyridine rings is 1. The van der Waals surface area contributed by atoms with Crippen molar-refractivity contribution in [1.82, 2.24) is 14.8 Å². The van der Waals surface area contributed by atoms with Crippen LogP contribution in [0, 0.1) is 54.0 Å². The Morgan fingerprint density at radius 2 is 0.768 bits per heavy atom. The molecule has 2 fully saturated rings. The van der Waals surface area contributed by atoms with E-state index in [-0.39, 0.29) is 15.9 Å². The van der Waals surface area contributed by atoms with Crippen molar-refractivity contribution < 1.29 is 15.9 Å². The molecule has 4 unspecified atom stereocenters. The molecule has 3 nitrogen and oxygen atoms in total. The molecule has 1 aromatic rings.